The van der Waals surface area contributed by atoms with Crippen molar-refractivity contribution in [3.8, 4) is 0 Å². The fourth-order valence-electron chi connectivity index (χ4n) is 5.16. The molecule has 0 aromatic rings. The van der Waals surface area contributed by atoms with Crippen molar-refractivity contribution in [2.24, 2.45) is 5.92 Å². The first-order valence-electron chi connectivity index (χ1n) is 9.05. The molecule has 2 rings (SSSR count). The van der Waals surface area contributed by atoms with Gasteiger partial charge < -0.3 is 9.64 Å². The Kier molecular flexibility index (Phi) is 4.79. The smallest absolute Gasteiger partial charge is 0.114 e. The summed E-state index contributed by atoms with van der Waals surface area (Å²) >= 11 is 0. The summed E-state index contributed by atoms with van der Waals surface area (Å²) in [5.74, 6) is 0.685. The van der Waals surface area contributed by atoms with Gasteiger partial charge in [0, 0.05) is 18.3 Å². The normalized spacial score (nSPS) is 32.8. The van der Waals surface area contributed by atoms with Gasteiger partial charge in [-0.3, -0.25) is 0 Å². The second-order valence-electron chi connectivity index (χ2n) is 9.60. The van der Waals surface area contributed by atoms with Crippen molar-refractivity contribution in [2.75, 3.05) is 13.7 Å². The molecular formula is C19H36BNO. The third-order valence-electron chi connectivity index (χ3n) is 5.50. The van der Waals surface area contributed by atoms with Crippen LogP contribution in [0, 0.1) is 5.92 Å². The van der Waals surface area contributed by atoms with Gasteiger partial charge in [0.05, 0.1) is 12.1 Å². The van der Waals surface area contributed by atoms with Gasteiger partial charge >= 0.3 is 0 Å². The molecule has 126 valence electrons. The number of ether oxygens (including phenoxy) is 1. The second-order valence-corrected chi connectivity index (χ2v) is 9.60. The van der Waals surface area contributed by atoms with E-state index < -0.39 is 0 Å². The Labute approximate surface area is 139 Å². The Morgan fingerprint density at radius 1 is 1.32 bits per heavy atom. The Hall–Kier alpha value is -0.435. The summed E-state index contributed by atoms with van der Waals surface area (Å²) in [6.45, 7) is 15.1. The SMILES string of the molecule is BC1(C)CCCC2=C1CC(COC)(CC(C)C)N2C(C)(C)C. The number of rotatable bonds is 4. The summed E-state index contributed by atoms with van der Waals surface area (Å²) in [5.41, 5.74) is 3.65. The lowest BCUT2D eigenvalue weighted by atomic mass is 9.58. The van der Waals surface area contributed by atoms with Crippen molar-refractivity contribution in [2.45, 2.75) is 90.0 Å². The van der Waals surface area contributed by atoms with Gasteiger partial charge in [0.1, 0.15) is 7.85 Å². The summed E-state index contributed by atoms with van der Waals surface area (Å²) in [4.78, 5) is 2.76. The quantitative estimate of drug-likeness (QED) is 0.723. The fourth-order valence-corrected chi connectivity index (χ4v) is 5.16. The van der Waals surface area contributed by atoms with E-state index in [1.165, 1.54) is 32.1 Å². The maximum atomic E-state index is 5.76. The lowest BCUT2D eigenvalue weighted by Gasteiger charge is -2.50. The molecule has 0 amide bonds. The Morgan fingerprint density at radius 2 is 1.95 bits per heavy atom. The van der Waals surface area contributed by atoms with E-state index in [0.29, 0.717) is 11.2 Å². The zero-order valence-corrected chi connectivity index (χ0v) is 16.2. The summed E-state index contributed by atoms with van der Waals surface area (Å²) < 4.78 is 5.76. The largest absolute Gasteiger partial charge is 0.382 e. The van der Waals surface area contributed by atoms with E-state index in [0.717, 1.165) is 6.61 Å². The first-order valence-corrected chi connectivity index (χ1v) is 9.05. The molecule has 2 nitrogen and oxygen atoms in total. The van der Waals surface area contributed by atoms with E-state index in [-0.39, 0.29) is 11.1 Å². The minimum absolute atomic E-state index is 0.146. The van der Waals surface area contributed by atoms with Crippen molar-refractivity contribution in [1.82, 2.24) is 4.90 Å². The van der Waals surface area contributed by atoms with E-state index in [9.17, 15) is 0 Å². The van der Waals surface area contributed by atoms with Crippen molar-refractivity contribution in [3.05, 3.63) is 11.3 Å². The third kappa shape index (κ3) is 3.11. The van der Waals surface area contributed by atoms with Crippen LogP contribution in [0.1, 0.15) is 73.6 Å². The van der Waals surface area contributed by atoms with E-state index >= 15 is 0 Å². The van der Waals surface area contributed by atoms with Crippen molar-refractivity contribution in [1.29, 1.82) is 0 Å². The van der Waals surface area contributed by atoms with Gasteiger partial charge in [0.25, 0.3) is 0 Å². The first kappa shape index (κ1) is 17.9. The van der Waals surface area contributed by atoms with E-state index in [2.05, 4.69) is 54.3 Å². The van der Waals surface area contributed by atoms with Crippen LogP contribution in [-0.2, 0) is 4.74 Å². The maximum Gasteiger partial charge on any atom is 0.114 e. The molecule has 0 saturated heterocycles. The molecule has 0 aromatic carbocycles. The monoisotopic (exact) mass is 305 g/mol. The van der Waals surface area contributed by atoms with Gasteiger partial charge in [-0.2, -0.15) is 0 Å². The Morgan fingerprint density at radius 3 is 2.45 bits per heavy atom. The first-order chi connectivity index (χ1) is 10.0. The summed E-state index contributed by atoms with van der Waals surface area (Å²) in [6, 6.07) is 0. The molecule has 0 spiro atoms. The highest BCUT2D eigenvalue weighted by Crippen LogP contribution is 2.57. The summed E-state index contributed by atoms with van der Waals surface area (Å²) in [6.07, 6.45) is 6.30. The molecule has 0 fully saturated rings. The highest BCUT2D eigenvalue weighted by Gasteiger charge is 2.52. The highest BCUT2D eigenvalue weighted by molar-refractivity contribution is 6.17. The number of nitrogens with zero attached hydrogens (tertiary/aromatic N) is 1. The van der Waals surface area contributed by atoms with Crippen LogP contribution in [0.2, 0.25) is 5.31 Å². The third-order valence-corrected chi connectivity index (χ3v) is 5.50. The number of allylic oxidation sites excluding steroid dienone is 1. The molecule has 0 bridgehead atoms. The Balaban J connectivity index is 2.52. The van der Waals surface area contributed by atoms with Gasteiger partial charge in [0.15, 0.2) is 0 Å². The zero-order valence-electron chi connectivity index (χ0n) is 16.2. The van der Waals surface area contributed by atoms with Crippen LogP contribution in [0.25, 0.3) is 0 Å². The lowest BCUT2D eigenvalue weighted by Crippen LogP contribution is -2.56. The van der Waals surface area contributed by atoms with Crippen LogP contribution < -0.4 is 0 Å². The van der Waals surface area contributed by atoms with Crippen molar-refractivity contribution < 1.29 is 4.74 Å². The number of hydrogen-bond acceptors (Lipinski definition) is 2. The molecule has 3 heteroatoms. The standard InChI is InChI=1S/C19H36BNO/c1-14(2)11-19(13-22-7)12-15-16(21(19)17(3,4)5)9-8-10-18(15,6)20/h14H,8-13,20H2,1-7H3. The zero-order chi connectivity index (χ0) is 16.8. The fraction of sp³-hybridized carbons (Fsp3) is 0.895. The molecular weight excluding hydrogens is 269 g/mol. The number of hydrogen-bond donors (Lipinski definition) is 0. The summed E-state index contributed by atoms with van der Waals surface area (Å²) in [5, 5.41) is 0.351. The molecule has 0 N–H and O–H groups in total. The molecule has 0 aromatic heterocycles. The second kappa shape index (κ2) is 5.89. The topological polar surface area (TPSA) is 12.5 Å². The predicted molar refractivity (Wildman–Crippen MR) is 98.1 cm³/mol. The molecule has 1 aliphatic heterocycles. The average Bonchev–Trinajstić information content (AvgIpc) is 2.63. The van der Waals surface area contributed by atoms with Gasteiger partial charge in [-0.1, -0.05) is 32.8 Å². The van der Waals surface area contributed by atoms with E-state index in [1.807, 2.05) is 7.11 Å². The molecule has 2 atom stereocenters. The molecule has 1 aliphatic carbocycles. The Bertz CT molecular complexity index is 447. The van der Waals surface area contributed by atoms with Crippen LogP contribution in [-0.4, -0.2) is 37.5 Å². The molecule has 0 radical (unpaired) electrons. The maximum absolute atomic E-state index is 5.76. The van der Waals surface area contributed by atoms with Gasteiger partial charge in [-0.15, -0.1) is 0 Å². The molecule has 0 saturated carbocycles. The van der Waals surface area contributed by atoms with Crippen molar-refractivity contribution >= 4 is 7.85 Å². The van der Waals surface area contributed by atoms with Crippen LogP contribution in [0.4, 0.5) is 0 Å². The lowest BCUT2D eigenvalue weighted by molar-refractivity contribution is -0.0176. The van der Waals surface area contributed by atoms with E-state index in [1.54, 1.807) is 11.3 Å². The average molecular weight is 305 g/mol. The summed E-state index contributed by atoms with van der Waals surface area (Å²) in [7, 11) is 4.31. The van der Waals surface area contributed by atoms with Gasteiger partial charge in [0.2, 0.25) is 0 Å². The van der Waals surface area contributed by atoms with Crippen LogP contribution in [0.5, 0.6) is 0 Å². The minimum atomic E-state index is 0.146. The van der Waals surface area contributed by atoms with Crippen molar-refractivity contribution in [3.63, 3.8) is 0 Å². The highest BCUT2D eigenvalue weighted by atomic mass is 16.5. The molecule has 2 unspecified atom stereocenters. The van der Waals surface area contributed by atoms with Gasteiger partial charge in [-0.05, 0) is 57.7 Å². The molecule has 2 aliphatic rings. The molecule has 1 heterocycles. The number of methoxy groups -OCH3 is 1. The van der Waals surface area contributed by atoms with Crippen LogP contribution in [0.3, 0.4) is 0 Å². The van der Waals surface area contributed by atoms with Gasteiger partial charge in [-0.25, -0.2) is 0 Å². The van der Waals surface area contributed by atoms with Crippen LogP contribution >= 0.6 is 0 Å². The van der Waals surface area contributed by atoms with Crippen LogP contribution in [0.15, 0.2) is 11.3 Å². The molecule has 22 heavy (non-hydrogen) atoms. The minimum Gasteiger partial charge on any atom is -0.382 e. The predicted octanol–water partition coefficient (Wildman–Crippen LogP) is 4.17. The van der Waals surface area contributed by atoms with E-state index in [4.69, 9.17) is 4.74 Å².